The first-order valence-corrected chi connectivity index (χ1v) is 8.84. The number of nitrogens with zero attached hydrogens (tertiary/aromatic N) is 1. The number of alkyl carbamates (subject to hydrolysis) is 1. The molecule has 0 unspecified atom stereocenters. The minimum absolute atomic E-state index is 0.262. The Morgan fingerprint density at radius 3 is 2.74 bits per heavy atom. The molecule has 2 N–H and O–H groups in total. The maximum Gasteiger partial charge on any atom is 0.407 e. The maximum atomic E-state index is 12.0. The predicted molar refractivity (Wildman–Crippen MR) is 102 cm³/mol. The zero-order valence-electron chi connectivity index (χ0n) is 16.1. The molecule has 7 heteroatoms. The SMILES string of the molecule is Cc1c(C#CCCNC(=O)OC(C)(C)C)cccc1N1CCC(=O)NC1=O. The summed E-state index contributed by atoms with van der Waals surface area (Å²) in [5, 5.41) is 4.98. The summed E-state index contributed by atoms with van der Waals surface area (Å²) in [5.41, 5.74) is 1.88. The third-order valence-corrected chi connectivity index (χ3v) is 3.79. The molecule has 0 atom stereocenters. The molecule has 0 aromatic heterocycles. The Balaban J connectivity index is 1.97. The van der Waals surface area contributed by atoms with Crippen molar-refractivity contribution in [2.24, 2.45) is 0 Å². The lowest BCUT2D eigenvalue weighted by Gasteiger charge is -2.28. The quantitative estimate of drug-likeness (QED) is 0.632. The lowest BCUT2D eigenvalue weighted by atomic mass is 10.1. The molecule has 1 fully saturated rings. The number of anilines is 1. The topological polar surface area (TPSA) is 87.7 Å². The molecule has 4 amide bonds. The van der Waals surface area contributed by atoms with E-state index in [9.17, 15) is 14.4 Å². The van der Waals surface area contributed by atoms with E-state index in [1.807, 2.05) is 25.1 Å². The van der Waals surface area contributed by atoms with Crippen molar-refractivity contribution in [3.05, 3.63) is 29.3 Å². The number of carbonyl (C=O) groups excluding carboxylic acids is 3. The number of amides is 4. The molecule has 144 valence electrons. The summed E-state index contributed by atoms with van der Waals surface area (Å²) in [4.78, 5) is 36.5. The molecule has 2 rings (SSSR count). The number of ether oxygens (including phenoxy) is 1. The van der Waals surface area contributed by atoms with Crippen molar-refractivity contribution in [3.63, 3.8) is 0 Å². The Labute approximate surface area is 159 Å². The first kappa shape index (κ1) is 20.3. The van der Waals surface area contributed by atoms with Crippen LogP contribution in [0.25, 0.3) is 0 Å². The molecule has 27 heavy (non-hydrogen) atoms. The summed E-state index contributed by atoms with van der Waals surface area (Å²) in [7, 11) is 0. The summed E-state index contributed by atoms with van der Waals surface area (Å²) in [6, 6.07) is 5.12. The highest BCUT2D eigenvalue weighted by molar-refractivity contribution is 6.06. The third kappa shape index (κ3) is 6.03. The van der Waals surface area contributed by atoms with E-state index in [2.05, 4.69) is 22.5 Å². The number of benzene rings is 1. The van der Waals surface area contributed by atoms with Crippen LogP contribution in [0, 0.1) is 18.8 Å². The Kier molecular flexibility index (Phi) is 6.45. The van der Waals surface area contributed by atoms with Gasteiger partial charge in [-0.1, -0.05) is 17.9 Å². The van der Waals surface area contributed by atoms with Gasteiger partial charge in [0.25, 0.3) is 0 Å². The lowest BCUT2D eigenvalue weighted by molar-refractivity contribution is -0.120. The highest BCUT2D eigenvalue weighted by Gasteiger charge is 2.25. The van der Waals surface area contributed by atoms with E-state index < -0.39 is 17.7 Å². The van der Waals surface area contributed by atoms with Crippen LogP contribution in [-0.2, 0) is 9.53 Å². The first-order valence-electron chi connectivity index (χ1n) is 8.84. The highest BCUT2D eigenvalue weighted by atomic mass is 16.6. The standard InChI is InChI=1S/C20H25N3O4/c1-14-15(8-5-6-12-21-19(26)27-20(2,3)4)9-7-10-16(14)23-13-11-17(24)22-18(23)25/h7,9-10H,6,11-13H2,1-4H3,(H,21,26)(H,22,24,25). The largest absolute Gasteiger partial charge is 0.444 e. The summed E-state index contributed by atoms with van der Waals surface area (Å²) in [6.07, 6.45) is 0.284. The Morgan fingerprint density at radius 2 is 2.07 bits per heavy atom. The van der Waals surface area contributed by atoms with Crippen molar-refractivity contribution in [1.82, 2.24) is 10.6 Å². The van der Waals surface area contributed by atoms with E-state index in [1.165, 1.54) is 0 Å². The first-order chi connectivity index (χ1) is 12.7. The van der Waals surface area contributed by atoms with Gasteiger partial charge < -0.3 is 10.1 Å². The van der Waals surface area contributed by atoms with E-state index in [0.717, 1.165) is 16.8 Å². The molecule has 0 saturated carbocycles. The van der Waals surface area contributed by atoms with Crippen molar-refractivity contribution in [1.29, 1.82) is 0 Å². The van der Waals surface area contributed by atoms with Crippen molar-refractivity contribution in [3.8, 4) is 11.8 Å². The van der Waals surface area contributed by atoms with Gasteiger partial charge in [0.1, 0.15) is 5.60 Å². The van der Waals surface area contributed by atoms with Gasteiger partial charge in [-0.25, -0.2) is 9.59 Å². The van der Waals surface area contributed by atoms with Gasteiger partial charge in [0.2, 0.25) is 5.91 Å². The summed E-state index contributed by atoms with van der Waals surface area (Å²) < 4.78 is 5.16. The van der Waals surface area contributed by atoms with Gasteiger partial charge in [-0.15, -0.1) is 0 Å². The van der Waals surface area contributed by atoms with E-state index >= 15 is 0 Å². The zero-order valence-corrected chi connectivity index (χ0v) is 16.1. The van der Waals surface area contributed by atoms with Gasteiger partial charge >= 0.3 is 12.1 Å². The number of nitrogens with one attached hydrogen (secondary N) is 2. The Bertz CT molecular complexity index is 800. The van der Waals surface area contributed by atoms with Gasteiger partial charge in [0.05, 0.1) is 0 Å². The van der Waals surface area contributed by atoms with Gasteiger partial charge in [-0.05, 0) is 45.4 Å². The van der Waals surface area contributed by atoms with Gasteiger partial charge in [-0.2, -0.15) is 0 Å². The second-order valence-corrected chi connectivity index (χ2v) is 7.19. The summed E-state index contributed by atoms with van der Waals surface area (Å²) in [5.74, 6) is 5.82. The molecule has 0 spiro atoms. The van der Waals surface area contributed by atoms with Crippen molar-refractivity contribution < 1.29 is 19.1 Å². The number of imide groups is 1. The van der Waals surface area contributed by atoms with Crippen molar-refractivity contribution >= 4 is 23.7 Å². The zero-order chi connectivity index (χ0) is 20.0. The summed E-state index contributed by atoms with van der Waals surface area (Å²) in [6.45, 7) is 8.05. The lowest BCUT2D eigenvalue weighted by Crippen LogP contribution is -2.49. The van der Waals surface area contributed by atoms with Crippen LogP contribution in [0.15, 0.2) is 18.2 Å². The molecule has 7 nitrogen and oxygen atoms in total. The smallest absolute Gasteiger partial charge is 0.407 e. The van der Waals surface area contributed by atoms with E-state index in [4.69, 9.17) is 4.74 Å². The normalized spacial score (nSPS) is 14.1. The fraction of sp³-hybridized carbons (Fsp3) is 0.450. The fourth-order valence-electron chi connectivity index (χ4n) is 2.54. The van der Waals surface area contributed by atoms with Crippen molar-refractivity contribution in [2.45, 2.75) is 46.1 Å². The summed E-state index contributed by atoms with van der Waals surface area (Å²) >= 11 is 0. The second kappa shape index (κ2) is 8.58. The number of carbonyl (C=O) groups is 3. The third-order valence-electron chi connectivity index (χ3n) is 3.79. The van der Waals surface area contributed by atoms with Crippen LogP contribution >= 0.6 is 0 Å². The van der Waals surface area contributed by atoms with Crippen LogP contribution in [0.4, 0.5) is 15.3 Å². The van der Waals surface area contributed by atoms with Gasteiger partial charge in [-0.3, -0.25) is 15.0 Å². The fourth-order valence-corrected chi connectivity index (χ4v) is 2.54. The van der Waals surface area contributed by atoms with Crippen LogP contribution in [0.5, 0.6) is 0 Å². The van der Waals surface area contributed by atoms with Crippen LogP contribution < -0.4 is 15.5 Å². The molecular weight excluding hydrogens is 346 g/mol. The number of hydrogen-bond donors (Lipinski definition) is 2. The molecule has 1 aliphatic rings. The van der Waals surface area contributed by atoms with Crippen LogP contribution in [0.1, 0.15) is 44.7 Å². The predicted octanol–water partition coefficient (Wildman–Crippen LogP) is 2.71. The highest BCUT2D eigenvalue weighted by Crippen LogP contribution is 2.24. The average molecular weight is 371 g/mol. The average Bonchev–Trinajstić information content (AvgIpc) is 2.55. The molecular formula is C20H25N3O4. The maximum absolute atomic E-state index is 12.0. The van der Waals surface area contributed by atoms with Crippen LogP contribution in [0.2, 0.25) is 0 Å². The molecule has 0 bridgehead atoms. The monoisotopic (exact) mass is 371 g/mol. The Morgan fingerprint density at radius 1 is 1.33 bits per heavy atom. The van der Waals surface area contributed by atoms with E-state index in [0.29, 0.717) is 19.5 Å². The van der Waals surface area contributed by atoms with Gasteiger partial charge in [0.15, 0.2) is 0 Å². The van der Waals surface area contributed by atoms with Gasteiger partial charge in [0, 0.05) is 37.2 Å². The second-order valence-electron chi connectivity index (χ2n) is 7.19. The molecule has 0 radical (unpaired) electrons. The molecule has 1 aromatic carbocycles. The van der Waals surface area contributed by atoms with Crippen LogP contribution in [-0.4, -0.2) is 36.7 Å². The molecule has 0 aliphatic carbocycles. The number of rotatable bonds is 3. The molecule has 1 aromatic rings. The number of urea groups is 1. The molecule has 1 heterocycles. The van der Waals surface area contributed by atoms with Crippen LogP contribution in [0.3, 0.4) is 0 Å². The van der Waals surface area contributed by atoms with E-state index in [1.54, 1.807) is 25.7 Å². The van der Waals surface area contributed by atoms with Crippen molar-refractivity contribution in [2.75, 3.05) is 18.0 Å². The van der Waals surface area contributed by atoms with E-state index in [-0.39, 0.29) is 12.3 Å². The minimum atomic E-state index is -0.529. The molecule has 1 saturated heterocycles. The number of hydrogen-bond acceptors (Lipinski definition) is 4. The molecule has 1 aliphatic heterocycles. The Hall–Kier alpha value is -3.01. The minimum Gasteiger partial charge on any atom is -0.444 e.